The lowest BCUT2D eigenvalue weighted by Gasteiger charge is -2.03. The van der Waals surface area contributed by atoms with Gasteiger partial charge in [-0.25, -0.2) is 9.67 Å². The van der Waals surface area contributed by atoms with Crippen LogP contribution in [0.2, 0.25) is 0 Å². The standard InChI is InChI=1S/C20H14FN7/c1-12-18(5-3-8-22-12)28-11-17(25-27-28)19-15-10-13(6-7-16(15)24-26-19)14-4-2-9-23-20(14)21/h2-11H,1H3,(H,24,26). The van der Waals surface area contributed by atoms with Gasteiger partial charge in [-0.15, -0.1) is 5.10 Å². The van der Waals surface area contributed by atoms with Crippen LogP contribution in [-0.4, -0.2) is 35.2 Å². The normalized spacial score (nSPS) is 11.2. The number of hydrogen-bond donors (Lipinski definition) is 1. The van der Waals surface area contributed by atoms with Crippen molar-refractivity contribution in [1.29, 1.82) is 0 Å². The van der Waals surface area contributed by atoms with Crippen molar-refractivity contribution in [2.75, 3.05) is 0 Å². The van der Waals surface area contributed by atoms with Gasteiger partial charge in [0.05, 0.1) is 23.1 Å². The molecule has 0 bridgehead atoms. The Labute approximate surface area is 158 Å². The zero-order chi connectivity index (χ0) is 19.1. The third-order valence-corrected chi connectivity index (χ3v) is 4.59. The van der Waals surface area contributed by atoms with Crippen molar-refractivity contribution in [3.8, 4) is 28.2 Å². The second kappa shape index (κ2) is 6.34. The Morgan fingerprint density at radius 2 is 1.89 bits per heavy atom. The van der Waals surface area contributed by atoms with Crippen LogP contribution in [0.5, 0.6) is 0 Å². The highest BCUT2D eigenvalue weighted by Crippen LogP contribution is 2.30. The van der Waals surface area contributed by atoms with Crippen molar-refractivity contribution in [1.82, 2.24) is 35.2 Å². The number of aromatic amines is 1. The van der Waals surface area contributed by atoms with Crippen LogP contribution in [-0.2, 0) is 0 Å². The molecule has 0 spiro atoms. The van der Waals surface area contributed by atoms with Crippen LogP contribution in [0.1, 0.15) is 5.69 Å². The lowest BCUT2D eigenvalue weighted by molar-refractivity contribution is 0.587. The maximum absolute atomic E-state index is 14.1. The smallest absolute Gasteiger partial charge is 0.220 e. The first-order chi connectivity index (χ1) is 13.7. The molecule has 0 amide bonds. The van der Waals surface area contributed by atoms with Crippen molar-refractivity contribution < 1.29 is 4.39 Å². The summed E-state index contributed by atoms with van der Waals surface area (Å²) >= 11 is 0. The van der Waals surface area contributed by atoms with E-state index in [0.29, 0.717) is 17.0 Å². The summed E-state index contributed by atoms with van der Waals surface area (Å²) < 4.78 is 15.8. The van der Waals surface area contributed by atoms with E-state index >= 15 is 0 Å². The van der Waals surface area contributed by atoms with E-state index < -0.39 is 5.95 Å². The first kappa shape index (κ1) is 16.2. The molecular weight excluding hydrogens is 357 g/mol. The Morgan fingerprint density at radius 3 is 2.75 bits per heavy atom. The van der Waals surface area contributed by atoms with Crippen LogP contribution in [0.3, 0.4) is 0 Å². The molecule has 1 aromatic carbocycles. The minimum atomic E-state index is -0.509. The molecule has 1 N–H and O–H groups in total. The van der Waals surface area contributed by atoms with Crippen molar-refractivity contribution in [3.63, 3.8) is 0 Å². The van der Waals surface area contributed by atoms with Gasteiger partial charge in [0.25, 0.3) is 0 Å². The van der Waals surface area contributed by atoms with Gasteiger partial charge in [-0.05, 0) is 48.9 Å². The monoisotopic (exact) mass is 371 g/mol. The molecule has 5 aromatic rings. The fourth-order valence-corrected chi connectivity index (χ4v) is 3.19. The van der Waals surface area contributed by atoms with Gasteiger partial charge >= 0.3 is 0 Å². The molecule has 5 rings (SSSR count). The first-order valence-corrected chi connectivity index (χ1v) is 8.64. The maximum atomic E-state index is 14.1. The predicted molar refractivity (Wildman–Crippen MR) is 102 cm³/mol. The number of aryl methyl sites for hydroxylation is 1. The van der Waals surface area contributed by atoms with Crippen LogP contribution in [0.15, 0.2) is 61.1 Å². The average Bonchev–Trinajstić information content (AvgIpc) is 3.35. The van der Waals surface area contributed by atoms with Crippen LogP contribution < -0.4 is 0 Å². The zero-order valence-corrected chi connectivity index (χ0v) is 14.8. The van der Waals surface area contributed by atoms with Crippen molar-refractivity contribution >= 4 is 10.9 Å². The van der Waals surface area contributed by atoms with Gasteiger partial charge < -0.3 is 0 Å². The number of benzene rings is 1. The summed E-state index contributed by atoms with van der Waals surface area (Å²) in [4.78, 5) is 8.01. The molecule has 0 atom stereocenters. The van der Waals surface area contributed by atoms with E-state index in [1.807, 2.05) is 37.3 Å². The van der Waals surface area contributed by atoms with Crippen LogP contribution in [0.4, 0.5) is 4.39 Å². The number of rotatable bonds is 3. The lowest BCUT2D eigenvalue weighted by Crippen LogP contribution is -1.98. The minimum absolute atomic E-state index is 0.436. The number of pyridine rings is 2. The topological polar surface area (TPSA) is 85.2 Å². The summed E-state index contributed by atoms with van der Waals surface area (Å²) in [7, 11) is 0. The number of nitrogens with zero attached hydrogens (tertiary/aromatic N) is 6. The molecular formula is C20H14FN7. The molecule has 4 aromatic heterocycles. The number of H-pyrrole nitrogens is 1. The van der Waals surface area contributed by atoms with E-state index in [-0.39, 0.29) is 0 Å². The molecule has 0 saturated carbocycles. The second-order valence-electron chi connectivity index (χ2n) is 6.33. The van der Waals surface area contributed by atoms with Gasteiger partial charge in [0.15, 0.2) is 0 Å². The van der Waals surface area contributed by atoms with Crippen LogP contribution in [0, 0.1) is 12.9 Å². The Bertz CT molecular complexity index is 1300. The lowest BCUT2D eigenvalue weighted by atomic mass is 10.0. The van der Waals surface area contributed by atoms with Gasteiger partial charge in [0.2, 0.25) is 5.95 Å². The molecule has 0 unspecified atom stereocenters. The fourth-order valence-electron chi connectivity index (χ4n) is 3.19. The summed E-state index contributed by atoms with van der Waals surface area (Å²) in [6, 6.07) is 12.8. The van der Waals surface area contributed by atoms with Gasteiger partial charge in [-0.2, -0.15) is 9.49 Å². The van der Waals surface area contributed by atoms with Crippen molar-refractivity contribution in [2.24, 2.45) is 0 Å². The van der Waals surface area contributed by atoms with E-state index in [1.165, 1.54) is 6.20 Å². The van der Waals surface area contributed by atoms with E-state index in [9.17, 15) is 4.39 Å². The fraction of sp³-hybridized carbons (Fsp3) is 0.0500. The second-order valence-corrected chi connectivity index (χ2v) is 6.33. The number of nitrogens with one attached hydrogen (secondary N) is 1. The summed E-state index contributed by atoms with van der Waals surface area (Å²) in [6.07, 6.45) is 4.97. The largest absolute Gasteiger partial charge is 0.277 e. The first-order valence-electron chi connectivity index (χ1n) is 8.64. The predicted octanol–water partition coefficient (Wildman–Crippen LogP) is 3.72. The molecule has 0 saturated heterocycles. The maximum Gasteiger partial charge on any atom is 0.220 e. The highest BCUT2D eigenvalue weighted by atomic mass is 19.1. The van der Waals surface area contributed by atoms with Crippen molar-refractivity contribution in [2.45, 2.75) is 6.92 Å². The van der Waals surface area contributed by atoms with E-state index in [0.717, 1.165) is 27.8 Å². The molecule has 0 fully saturated rings. The Morgan fingerprint density at radius 1 is 1.04 bits per heavy atom. The van der Waals surface area contributed by atoms with Crippen LogP contribution >= 0.6 is 0 Å². The summed E-state index contributed by atoms with van der Waals surface area (Å²) in [5, 5.41) is 16.7. The zero-order valence-electron chi connectivity index (χ0n) is 14.8. The van der Waals surface area contributed by atoms with Gasteiger partial charge in [0.1, 0.15) is 11.4 Å². The number of fused-ring (bicyclic) bond motifs is 1. The minimum Gasteiger partial charge on any atom is -0.277 e. The quantitative estimate of drug-likeness (QED) is 0.489. The Kier molecular flexibility index (Phi) is 3.68. The number of halogens is 1. The third kappa shape index (κ3) is 2.62. The van der Waals surface area contributed by atoms with E-state index in [2.05, 4.69) is 30.5 Å². The van der Waals surface area contributed by atoms with Gasteiger partial charge in [-0.3, -0.25) is 10.1 Å². The average molecular weight is 371 g/mol. The molecule has 0 aliphatic carbocycles. The Hall–Kier alpha value is -3.94. The molecule has 0 aliphatic heterocycles. The highest BCUT2D eigenvalue weighted by Gasteiger charge is 2.15. The van der Waals surface area contributed by atoms with Gasteiger partial charge in [0, 0.05) is 23.3 Å². The summed E-state index contributed by atoms with van der Waals surface area (Å²) in [5.41, 5.74) is 4.93. The van der Waals surface area contributed by atoms with Gasteiger partial charge in [-0.1, -0.05) is 11.3 Å². The number of hydrogen-bond acceptors (Lipinski definition) is 5. The number of aromatic nitrogens is 7. The molecule has 136 valence electrons. The molecule has 8 heteroatoms. The Balaban J connectivity index is 1.62. The molecule has 0 aliphatic rings. The molecule has 4 heterocycles. The van der Waals surface area contributed by atoms with E-state index in [4.69, 9.17) is 0 Å². The van der Waals surface area contributed by atoms with Crippen molar-refractivity contribution in [3.05, 3.63) is 72.7 Å². The summed E-state index contributed by atoms with van der Waals surface area (Å²) in [6.45, 7) is 1.91. The third-order valence-electron chi connectivity index (χ3n) is 4.59. The SMILES string of the molecule is Cc1ncccc1-n1cc(-c2n[nH]c3ccc(-c4cccnc4F)cc23)nn1. The molecule has 7 nitrogen and oxygen atoms in total. The highest BCUT2D eigenvalue weighted by molar-refractivity contribution is 5.94. The van der Waals surface area contributed by atoms with Crippen LogP contribution in [0.25, 0.3) is 39.1 Å². The molecule has 0 radical (unpaired) electrons. The summed E-state index contributed by atoms with van der Waals surface area (Å²) in [5.74, 6) is -0.509. The molecule has 28 heavy (non-hydrogen) atoms. The van der Waals surface area contributed by atoms with E-state index in [1.54, 1.807) is 29.2 Å².